The SMILES string of the molecule is COc1ccc(CNC(=O)CNC(=O)C2CCCC2)cn1. The summed E-state index contributed by atoms with van der Waals surface area (Å²) in [5.41, 5.74) is 0.881. The van der Waals surface area contributed by atoms with E-state index in [4.69, 9.17) is 4.74 Å². The van der Waals surface area contributed by atoms with Crippen LogP contribution in [-0.4, -0.2) is 30.5 Å². The molecule has 1 aliphatic carbocycles. The molecule has 2 N–H and O–H groups in total. The van der Waals surface area contributed by atoms with Crippen molar-refractivity contribution in [3.8, 4) is 5.88 Å². The summed E-state index contributed by atoms with van der Waals surface area (Å²) in [5, 5.41) is 5.44. The van der Waals surface area contributed by atoms with Crippen LogP contribution in [0.15, 0.2) is 18.3 Å². The minimum absolute atomic E-state index is 0.00577. The number of rotatable bonds is 6. The van der Waals surface area contributed by atoms with E-state index < -0.39 is 0 Å². The van der Waals surface area contributed by atoms with E-state index in [9.17, 15) is 9.59 Å². The fraction of sp³-hybridized carbons (Fsp3) is 0.533. The Hall–Kier alpha value is -2.11. The molecule has 2 rings (SSSR count). The molecule has 6 nitrogen and oxygen atoms in total. The summed E-state index contributed by atoms with van der Waals surface area (Å²) in [6.45, 7) is 0.411. The molecule has 0 atom stereocenters. The minimum Gasteiger partial charge on any atom is -0.481 e. The van der Waals surface area contributed by atoms with E-state index in [-0.39, 0.29) is 24.3 Å². The molecule has 0 spiro atoms. The van der Waals surface area contributed by atoms with Gasteiger partial charge >= 0.3 is 0 Å². The van der Waals surface area contributed by atoms with Crippen LogP contribution in [0.1, 0.15) is 31.2 Å². The highest BCUT2D eigenvalue weighted by Crippen LogP contribution is 2.24. The van der Waals surface area contributed by atoms with Gasteiger partial charge in [0.1, 0.15) is 0 Å². The van der Waals surface area contributed by atoms with Crippen molar-refractivity contribution < 1.29 is 14.3 Å². The molecule has 21 heavy (non-hydrogen) atoms. The van der Waals surface area contributed by atoms with E-state index in [2.05, 4.69) is 15.6 Å². The zero-order chi connectivity index (χ0) is 15.1. The lowest BCUT2D eigenvalue weighted by atomic mass is 10.1. The van der Waals surface area contributed by atoms with Crippen LogP contribution >= 0.6 is 0 Å². The van der Waals surface area contributed by atoms with Crippen molar-refractivity contribution in [2.45, 2.75) is 32.2 Å². The number of carbonyl (C=O) groups is 2. The van der Waals surface area contributed by atoms with Crippen molar-refractivity contribution in [3.05, 3.63) is 23.9 Å². The Labute approximate surface area is 124 Å². The van der Waals surface area contributed by atoms with Gasteiger partial charge in [0.05, 0.1) is 13.7 Å². The van der Waals surface area contributed by atoms with Gasteiger partial charge in [0.2, 0.25) is 17.7 Å². The van der Waals surface area contributed by atoms with Crippen molar-refractivity contribution in [1.82, 2.24) is 15.6 Å². The Kier molecular flexibility index (Phi) is 5.54. The van der Waals surface area contributed by atoms with E-state index in [1.165, 1.54) is 0 Å². The molecule has 6 heteroatoms. The number of hydrogen-bond acceptors (Lipinski definition) is 4. The quantitative estimate of drug-likeness (QED) is 0.820. The molecule has 1 aromatic rings. The predicted octanol–water partition coefficient (Wildman–Crippen LogP) is 1.01. The van der Waals surface area contributed by atoms with Gasteiger partial charge in [0.15, 0.2) is 0 Å². The molecule has 0 saturated heterocycles. The first kappa shape index (κ1) is 15.3. The number of methoxy groups -OCH3 is 1. The number of nitrogens with zero attached hydrogens (tertiary/aromatic N) is 1. The van der Waals surface area contributed by atoms with Crippen LogP contribution in [0.2, 0.25) is 0 Å². The van der Waals surface area contributed by atoms with Gasteiger partial charge in [-0.1, -0.05) is 18.9 Å². The Balaban J connectivity index is 1.67. The van der Waals surface area contributed by atoms with Gasteiger partial charge in [0.25, 0.3) is 0 Å². The lowest BCUT2D eigenvalue weighted by Gasteiger charge is -2.10. The molecular formula is C15H21N3O3. The fourth-order valence-corrected chi connectivity index (χ4v) is 2.40. The molecule has 0 aromatic carbocycles. The van der Waals surface area contributed by atoms with Gasteiger partial charge < -0.3 is 15.4 Å². The van der Waals surface area contributed by atoms with Crippen molar-refractivity contribution in [2.75, 3.05) is 13.7 Å². The van der Waals surface area contributed by atoms with E-state index in [1.807, 2.05) is 6.07 Å². The van der Waals surface area contributed by atoms with E-state index in [0.717, 1.165) is 31.2 Å². The monoisotopic (exact) mass is 291 g/mol. The lowest BCUT2D eigenvalue weighted by molar-refractivity contribution is -0.128. The maximum absolute atomic E-state index is 11.8. The third-order valence-corrected chi connectivity index (χ3v) is 3.65. The number of aromatic nitrogens is 1. The van der Waals surface area contributed by atoms with E-state index in [1.54, 1.807) is 19.4 Å². The fourth-order valence-electron chi connectivity index (χ4n) is 2.40. The number of ether oxygens (including phenoxy) is 1. The van der Waals surface area contributed by atoms with Crippen LogP contribution in [0.25, 0.3) is 0 Å². The standard InChI is InChI=1S/C15H21N3O3/c1-21-14-7-6-11(9-17-14)8-16-13(19)10-18-15(20)12-4-2-3-5-12/h6-7,9,12H,2-5,8,10H2,1H3,(H,16,19)(H,18,20). The van der Waals surface area contributed by atoms with E-state index in [0.29, 0.717) is 12.4 Å². The summed E-state index contributed by atoms with van der Waals surface area (Å²) in [6.07, 6.45) is 5.73. The molecule has 0 aliphatic heterocycles. The van der Waals surface area contributed by atoms with Crippen LogP contribution in [-0.2, 0) is 16.1 Å². The van der Waals surface area contributed by atoms with Crippen molar-refractivity contribution in [1.29, 1.82) is 0 Å². The summed E-state index contributed by atoms with van der Waals surface area (Å²) < 4.78 is 4.96. The second-order valence-electron chi connectivity index (χ2n) is 5.18. The lowest BCUT2D eigenvalue weighted by Crippen LogP contribution is -2.38. The average Bonchev–Trinajstić information content (AvgIpc) is 3.05. The number of carbonyl (C=O) groups excluding carboxylic acids is 2. The summed E-state index contributed by atoms with van der Waals surface area (Å²) in [4.78, 5) is 27.5. The smallest absolute Gasteiger partial charge is 0.239 e. The van der Waals surface area contributed by atoms with Crippen LogP contribution in [0.4, 0.5) is 0 Å². The molecule has 1 fully saturated rings. The predicted molar refractivity (Wildman–Crippen MR) is 77.6 cm³/mol. The number of pyridine rings is 1. The molecule has 1 saturated carbocycles. The second kappa shape index (κ2) is 7.61. The molecule has 114 valence electrons. The normalized spacial score (nSPS) is 14.7. The maximum Gasteiger partial charge on any atom is 0.239 e. The Morgan fingerprint density at radius 1 is 1.29 bits per heavy atom. The highest BCUT2D eigenvalue weighted by atomic mass is 16.5. The molecular weight excluding hydrogens is 270 g/mol. The number of hydrogen-bond donors (Lipinski definition) is 2. The van der Waals surface area contributed by atoms with Gasteiger partial charge in [0, 0.05) is 24.7 Å². The molecule has 1 heterocycles. The molecule has 0 bridgehead atoms. The van der Waals surface area contributed by atoms with Gasteiger partial charge in [-0.15, -0.1) is 0 Å². The zero-order valence-electron chi connectivity index (χ0n) is 12.2. The van der Waals surface area contributed by atoms with Crippen molar-refractivity contribution in [2.24, 2.45) is 5.92 Å². The summed E-state index contributed by atoms with van der Waals surface area (Å²) in [6, 6.07) is 3.58. The maximum atomic E-state index is 11.8. The van der Waals surface area contributed by atoms with Crippen molar-refractivity contribution in [3.63, 3.8) is 0 Å². The van der Waals surface area contributed by atoms with Crippen LogP contribution in [0.5, 0.6) is 5.88 Å². The highest BCUT2D eigenvalue weighted by molar-refractivity contribution is 5.85. The molecule has 1 aromatic heterocycles. The average molecular weight is 291 g/mol. The van der Waals surface area contributed by atoms with Gasteiger partial charge in [-0.2, -0.15) is 0 Å². The first-order chi connectivity index (χ1) is 10.2. The zero-order valence-corrected chi connectivity index (χ0v) is 12.2. The van der Waals surface area contributed by atoms with Crippen LogP contribution in [0.3, 0.4) is 0 Å². The molecule has 0 radical (unpaired) electrons. The summed E-state index contributed by atoms with van der Waals surface area (Å²) in [5.74, 6) is 0.420. The first-order valence-corrected chi connectivity index (χ1v) is 7.22. The van der Waals surface area contributed by atoms with Crippen molar-refractivity contribution >= 4 is 11.8 Å². The molecule has 1 aliphatic rings. The highest BCUT2D eigenvalue weighted by Gasteiger charge is 2.22. The number of amides is 2. The Morgan fingerprint density at radius 3 is 2.67 bits per heavy atom. The van der Waals surface area contributed by atoms with Gasteiger partial charge in [-0.05, 0) is 18.4 Å². The largest absolute Gasteiger partial charge is 0.481 e. The molecule has 2 amide bonds. The molecule has 0 unspecified atom stereocenters. The Morgan fingerprint density at radius 2 is 2.05 bits per heavy atom. The van der Waals surface area contributed by atoms with E-state index >= 15 is 0 Å². The Bertz CT molecular complexity index is 481. The van der Waals surface area contributed by atoms with Crippen LogP contribution in [0, 0.1) is 5.92 Å². The van der Waals surface area contributed by atoms with Crippen LogP contribution < -0.4 is 15.4 Å². The van der Waals surface area contributed by atoms with Gasteiger partial charge in [-0.25, -0.2) is 4.98 Å². The summed E-state index contributed by atoms with van der Waals surface area (Å²) in [7, 11) is 1.55. The first-order valence-electron chi connectivity index (χ1n) is 7.22. The second-order valence-corrected chi connectivity index (χ2v) is 5.18. The topological polar surface area (TPSA) is 80.3 Å². The third-order valence-electron chi connectivity index (χ3n) is 3.65. The van der Waals surface area contributed by atoms with Gasteiger partial charge in [-0.3, -0.25) is 9.59 Å². The minimum atomic E-state index is -0.197. The number of nitrogens with one attached hydrogen (secondary N) is 2. The summed E-state index contributed by atoms with van der Waals surface area (Å²) >= 11 is 0. The third kappa shape index (κ3) is 4.73.